The van der Waals surface area contributed by atoms with E-state index in [1.807, 2.05) is 18.2 Å². The van der Waals surface area contributed by atoms with Gasteiger partial charge in [-0.25, -0.2) is 9.98 Å². The van der Waals surface area contributed by atoms with Crippen LogP contribution in [0.3, 0.4) is 0 Å². The molecule has 0 bridgehead atoms. The van der Waals surface area contributed by atoms with Gasteiger partial charge in [0.2, 0.25) is 0 Å². The van der Waals surface area contributed by atoms with Gasteiger partial charge in [0.05, 0.1) is 27.8 Å². The molecule has 0 fully saturated rings. The van der Waals surface area contributed by atoms with Gasteiger partial charge >= 0.3 is 0 Å². The molecule has 0 amide bonds. The second kappa shape index (κ2) is 13.1. The van der Waals surface area contributed by atoms with Crippen LogP contribution in [0.1, 0.15) is 22.9 Å². The first-order valence-corrected chi connectivity index (χ1v) is 20.7. The molecule has 61 heavy (non-hydrogen) atoms. The molecular weight excluding hydrogens is 747 g/mol. The van der Waals surface area contributed by atoms with Gasteiger partial charge in [0, 0.05) is 60.1 Å². The minimum atomic E-state index is -0.435. The Morgan fingerprint density at radius 1 is 0.475 bits per heavy atom. The van der Waals surface area contributed by atoms with Gasteiger partial charge in [-0.2, -0.15) is 0 Å². The van der Waals surface area contributed by atoms with Gasteiger partial charge in [-0.15, -0.1) is 0 Å². The maximum atomic E-state index is 6.66. The summed E-state index contributed by atoms with van der Waals surface area (Å²) < 4.78 is 11.5. The first-order chi connectivity index (χ1) is 30.3. The smallest absolute Gasteiger partial charge is 0.161 e. The Bertz CT molecular complexity index is 3800. The fourth-order valence-electron chi connectivity index (χ4n) is 9.63. The summed E-state index contributed by atoms with van der Waals surface area (Å²) in [5, 5.41) is 12.9. The van der Waals surface area contributed by atoms with Crippen LogP contribution in [0.2, 0.25) is 0 Å². The third-order valence-corrected chi connectivity index (χ3v) is 12.4. The van der Waals surface area contributed by atoms with Gasteiger partial charge in [0.1, 0.15) is 23.2 Å². The molecule has 0 spiro atoms. The fourth-order valence-corrected chi connectivity index (χ4v) is 9.63. The molecule has 0 aliphatic carbocycles. The van der Waals surface area contributed by atoms with Crippen molar-refractivity contribution in [2.75, 3.05) is 0 Å². The van der Waals surface area contributed by atoms with Crippen molar-refractivity contribution < 1.29 is 4.42 Å². The summed E-state index contributed by atoms with van der Waals surface area (Å²) in [4.78, 5) is 10.8. The lowest BCUT2D eigenvalue weighted by Crippen LogP contribution is -2.33. The number of nitrogens with zero attached hydrogens (tertiary/aromatic N) is 4. The van der Waals surface area contributed by atoms with E-state index >= 15 is 0 Å². The highest BCUT2D eigenvalue weighted by Gasteiger charge is 2.26. The van der Waals surface area contributed by atoms with Crippen molar-refractivity contribution in [2.24, 2.45) is 9.98 Å². The van der Waals surface area contributed by atoms with E-state index in [-0.39, 0.29) is 0 Å². The lowest BCUT2D eigenvalue weighted by atomic mass is 10.0. The van der Waals surface area contributed by atoms with Crippen molar-refractivity contribution in [3.63, 3.8) is 0 Å². The number of amidine groups is 2. The molecule has 0 saturated carbocycles. The zero-order chi connectivity index (χ0) is 40.0. The Morgan fingerprint density at radius 3 is 1.87 bits per heavy atom. The SMILES string of the molecule is c1ccc(C2=NC(c3ccccc3-n3c4ccccc4c4ccc5c6ccccc6n(-c6ccccc6)c5c43)=NC(c3ccc4c(c3)oc3c5ccccc5ccc43)N2)cc1. The van der Waals surface area contributed by atoms with Crippen LogP contribution in [0.25, 0.3) is 87.7 Å². The number of aliphatic imine (C=N–C) groups is 2. The first-order valence-electron chi connectivity index (χ1n) is 20.7. The largest absolute Gasteiger partial charge is 0.455 e. The molecule has 1 atom stereocenters. The number of nitrogens with one attached hydrogen (secondary N) is 1. The molecule has 4 heterocycles. The summed E-state index contributed by atoms with van der Waals surface area (Å²) >= 11 is 0. The average molecular weight is 782 g/mol. The molecule has 1 unspecified atom stereocenters. The van der Waals surface area contributed by atoms with Crippen LogP contribution in [0.4, 0.5) is 0 Å². The summed E-state index contributed by atoms with van der Waals surface area (Å²) in [5.74, 6) is 1.41. The van der Waals surface area contributed by atoms with E-state index in [4.69, 9.17) is 14.4 Å². The summed E-state index contributed by atoms with van der Waals surface area (Å²) in [6.07, 6.45) is -0.435. The van der Waals surface area contributed by atoms with Crippen LogP contribution < -0.4 is 5.32 Å². The molecular formula is C55H35N5O. The second-order valence-electron chi connectivity index (χ2n) is 15.8. The lowest BCUT2D eigenvalue weighted by Gasteiger charge is -2.24. The molecule has 9 aromatic carbocycles. The van der Waals surface area contributed by atoms with E-state index in [1.54, 1.807) is 0 Å². The molecule has 1 aliphatic rings. The first kappa shape index (κ1) is 33.7. The van der Waals surface area contributed by atoms with Gasteiger partial charge in [-0.1, -0.05) is 152 Å². The number of furan rings is 1. The van der Waals surface area contributed by atoms with Crippen molar-refractivity contribution in [3.8, 4) is 11.4 Å². The van der Waals surface area contributed by atoms with Crippen LogP contribution in [0.15, 0.2) is 215 Å². The number of benzene rings is 9. The molecule has 286 valence electrons. The molecule has 12 aromatic rings. The molecule has 13 rings (SSSR count). The maximum Gasteiger partial charge on any atom is 0.161 e. The molecule has 1 N–H and O–H groups in total. The number of fused-ring (bicyclic) bond motifs is 12. The third kappa shape index (κ3) is 5.09. The van der Waals surface area contributed by atoms with Crippen molar-refractivity contribution in [1.29, 1.82) is 0 Å². The topological polar surface area (TPSA) is 59.8 Å². The van der Waals surface area contributed by atoms with Crippen LogP contribution in [0.5, 0.6) is 0 Å². The minimum absolute atomic E-state index is 0.435. The van der Waals surface area contributed by atoms with Crippen LogP contribution in [0, 0.1) is 0 Å². The van der Waals surface area contributed by atoms with Gasteiger partial charge in [0.15, 0.2) is 5.84 Å². The van der Waals surface area contributed by atoms with Gasteiger partial charge in [0.25, 0.3) is 0 Å². The quantitative estimate of drug-likeness (QED) is 0.189. The summed E-state index contributed by atoms with van der Waals surface area (Å²) in [7, 11) is 0. The third-order valence-electron chi connectivity index (χ3n) is 12.4. The average Bonchev–Trinajstić information content (AvgIpc) is 4.00. The number of aromatic nitrogens is 2. The number of rotatable bonds is 5. The van der Waals surface area contributed by atoms with Crippen LogP contribution in [-0.2, 0) is 0 Å². The maximum absolute atomic E-state index is 6.66. The van der Waals surface area contributed by atoms with E-state index in [1.165, 1.54) is 27.1 Å². The molecule has 3 aromatic heterocycles. The van der Waals surface area contributed by atoms with Crippen molar-refractivity contribution in [1.82, 2.24) is 14.5 Å². The molecule has 6 nitrogen and oxygen atoms in total. The number of hydrogen-bond acceptors (Lipinski definition) is 4. The zero-order valence-electron chi connectivity index (χ0n) is 32.8. The minimum Gasteiger partial charge on any atom is -0.455 e. The van der Waals surface area contributed by atoms with Gasteiger partial charge in [-0.3, -0.25) is 0 Å². The molecule has 0 saturated heterocycles. The van der Waals surface area contributed by atoms with E-state index in [9.17, 15) is 0 Å². The predicted octanol–water partition coefficient (Wildman–Crippen LogP) is 13.4. The van der Waals surface area contributed by atoms with Crippen molar-refractivity contribution >= 4 is 88.0 Å². The Balaban J connectivity index is 1.06. The Hall–Kier alpha value is -8.22. The summed E-state index contributed by atoms with van der Waals surface area (Å²) in [6, 6.07) is 70.8. The summed E-state index contributed by atoms with van der Waals surface area (Å²) in [6.45, 7) is 0. The fraction of sp³-hybridized carbons (Fsp3) is 0.0182. The normalized spacial score (nSPS) is 14.4. The predicted molar refractivity (Wildman–Crippen MR) is 252 cm³/mol. The van der Waals surface area contributed by atoms with E-state index < -0.39 is 6.17 Å². The highest BCUT2D eigenvalue weighted by molar-refractivity contribution is 6.24. The molecule has 6 heteroatoms. The monoisotopic (exact) mass is 781 g/mol. The highest BCUT2D eigenvalue weighted by Crippen LogP contribution is 2.43. The Morgan fingerprint density at radius 2 is 1.08 bits per heavy atom. The number of hydrogen-bond donors (Lipinski definition) is 1. The number of para-hydroxylation sites is 4. The van der Waals surface area contributed by atoms with Crippen LogP contribution >= 0.6 is 0 Å². The standard InChI is InChI=1S/C55H35N5O/c1-3-16-35(17-4-1)53-56-54(36-28-29-41-44-30-27-34-15-7-8-20-38(34)52(44)61-49(41)33-36)58-55(57-53)45-23-11-14-26-48(45)60-47-25-13-10-22-40(47)43-32-31-42-39-21-9-12-24-46(39)59(50(42)51(43)60)37-18-5-2-6-19-37/h1-33,54H,(H,56,57,58). The van der Waals surface area contributed by atoms with Crippen LogP contribution in [-0.4, -0.2) is 20.8 Å². The van der Waals surface area contributed by atoms with Crippen molar-refractivity contribution in [2.45, 2.75) is 6.17 Å². The second-order valence-corrected chi connectivity index (χ2v) is 15.8. The Kier molecular flexibility index (Phi) is 7.27. The van der Waals surface area contributed by atoms with E-state index in [2.05, 4.69) is 196 Å². The lowest BCUT2D eigenvalue weighted by molar-refractivity contribution is 0.657. The highest BCUT2D eigenvalue weighted by atomic mass is 16.3. The molecule has 1 aliphatic heterocycles. The van der Waals surface area contributed by atoms with Gasteiger partial charge in [-0.05, 0) is 53.9 Å². The zero-order valence-corrected chi connectivity index (χ0v) is 32.8. The molecule has 0 radical (unpaired) electrons. The Labute approximate surface area is 349 Å². The van der Waals surface area contributed by atoms with Gasteiger partial charge < -0.3 is 18.9 Å². The summed E-state index contributed by atoms with van der Waals surface area (Å²) in [5.41, 5.74) is 11.3. The van der Waals surface area contributed by atoms with Crippen molar-refractivity contribution in [3.05, 3.63) is 217 Å². The van der Waals surface area contributed by atoms with E-state index in [0.717, 1.165) is 83.2 Å². The van der Waals surface area contributed by atoms with E-state index in [0.29, 0.717) is 5.84 Å².